The highest BCUT2D eigenvalue weighted by molar-refractivity contribution is 5.69. The van der Waals surface area contributed by atoms with Gasteiger partial charge in [-0.25, -0.2) is 4.79 Å². The first-order chi connectivity index (χ1) is 10.9. The SMILES string of the molecule is CC(C)(C)OC(=O)NC(CO)c1ccc(-c2ccccc2)cc1. The molecule has 1 atom stereocenters. The number of aliphatic hydroxyl groups excluding tert-OH is 1. The number of benzene rings is 2. The summed E-state index contributed by atoms with van der Waals surface area (Å²) in [5.41, 5.74) is 2.47. The fourth-order valence-electron chi connectivity index (χ4n) is 2.22. The van der Waals surface area contributed by atoms with Crippen LogP contribution in [0, 0.1) is 0 Å². The molecule has 4 nitrogen and oxygen atoms in total. The molecule has 0 heterocycles. The maximum absolute atomic E-state index is 11.8. The summed E-state index contributed by atoms with van der Waals surface area (Å²) in [6, 6.07) is 17.3. The van der Waals surface area contributed by atoms with Gasteiger partial charge in [-0.15, -0.1) is 0 Å². The third-order valence-corrected chi connectivity index (χ3v) is 3.29. The van der Waals surface area contributed by atoms with Crippen LogP contribution < -0.4 is 5.32 Å². The summed E-state index contributed by atoms with van der Waals surface area (Å²) >= 11 is 0. The molecule has 2 rings (SSSR count). The highest BCUT2D eigenvalue weighted by Crippen LogP contribution is 2.22. The van der Waals surface area contributed by atoms with Gasteiger partial charge in [0.25, 0.3) is 0 Å². The van der Waals surface area contributed by atoms with E-state index in [1.807, 2.05) is 54.6 Å². The number of carbonyl (C=O) groups is 1. The summed E-state index contributed by atoms with van der Waals surface area (Å²) in [7, 11) is 0. The Morgan fingerprint density at radius 2 is 1.61 bits per heavy atom. The summed E-state index contributed by atoms with van der Waals surface area (Å²) < 4.78 is 5.22. The lowest BCUT2D eigenvalue weighted by molar-refractivity contribution is 0.0482. The first-order valence-electron chi connectivity index (χ1n) is 7.65. The van der Waals surface area contributed by atoms with Gasteiger partial charge in [-0.3, -0.25) is 0 Å². The number of ether oxygens (including phenoxy) is 1. The van der Waals surface area contributed by atoms with Crippen molar-refractivity contribution in [2.75, 3.05) is 6.61 Å². The molecule has 0 spiro atoms. The van der Waals surface area contributed by atoms with Gasteiger partial charge in [-0.2, -0.15) is 0 Å². The zero-order valence-corrected chi connectivity index (χ0v) is 13.7. The molecule has 122 valence electrons. The van der Waals surface area contributed by atoms with Crippen molar-refractivity contribution in [1.82, 2.24) is 5.32 Å². The van der Waals surface area contributed by atoms with Crippen LogP contribution in [0.2, 0.25) is 0 Å². The van der Waals surface area contributed by atoms with Crippen molar-refractivity contribution in [3.8, 4) is 11.1 Å². The van der Waals surface area contributed by atoms with Crippen LogP contribution in [-0.4, -0.2) is 23.4 Å². The van der Waals surface area contributed by atoms with Crippen molar-refractivity contribution >= 4 is 6.09 Å². The van der Waals surface area contributed by atoms with Gasteiger partial charge < -0.3 is 15.2 Å². The van der Waals surface area contributed by atoms with Crippen LogP contribution in [0.4, 0.5) is 4.79 Å². The van der Waals surface area contributed by atoms with Gasteiger partial charge in [0.1, 0.15) is 5.60 Å². The maximum Gasteiger partial charge on any atom is 0.408 e. The Morgan fingerprint density at radius 1 is 1.04 bits per heavy atom. The van der Waals surface area contributed by atoms with E-state index in [-0.39, 0.29) is 6.61 Å². The Bertz CT molecular complexity index is 630. The van der Waals surface area contributed by atoms with Crippen LogP contribution in [0.25, 0.3) is 11.1 Å². The Balaban J connectivity index is 2.08. The van der Waals surface area contributed by atoms with Gasteiger partial charge >= 0.3 is 6.09 Å². The monoisotopic (exact) mass is 313 g/mol. The highest BCUT2D eigenvalue weighted by atomic mass is 16.6. The number of alkyl carbamates (subject to hydrolysis) is 1. The van der Waals surface area contributed by atoms with Crippen LogP contribution in [0.1, 0.15) is 32.4 Å². The number of nitrogens with one attached hydrogen (secondary N) is 1. The second kappa shape index (κ2) is 7.29. The van der Waals surface area contributed by atoms with Gasteiger partial charge in [0.2, 0.25) is 0 Å². The van der Waals surface area contributed by atoms with E-state index in [0.717, 1.165) is 16.7 Å². The molecule has 23 heavy (non-hydrogen) atoms. The molecule has 0 radical (unpaired) electrons. The van der Waals surface area contributed by atoms with Crippen LogP contribution in [-0.2, 0) is 4.74 Å². The molecule has 0 saturated carbocycles. The molecule has 2 aromatic carbocycles. The van der Waals surface area contributed by atoms with E-state index in [2.05, 4.69) is 5.32 Å². The van der Waals surface area contributed by atoms with E-state index in [9.17, 15) is 9.90 Å². The largest absolute Gasteiger partial charge is 0.444 e. The molecule has 0 aliphatic carbocycles. The van der Waals surface area contributed by atoms with E-state index in [0.29, 0.717) is 0 Å². The first kappa shape index (κ1) is 17.0. The minimum atomic E-state index is -0.568. The predicted molar refractivity (Wildman–Crippen MR) is 91.1 cm³/mol. The van der Waals surface area contributed by atoms with E-state index in [1.54, 1.807) is 20.8 Å². The molecule has 1 unspecified atom stereocenters. The van der Waals surface area contributed by atoms with Gasteiger partial charge in [-0.05, 0) is 37.5 Å². The van der Waals surface area contributed by atoms with Crippen molar-refractivity contribution in [3.63, 3.8) is 0 Å². The van der Waals surface area contributed by atoms with Gasteiger partial charge in [0, 0.05) is 0 Å². The summed E-state index contributed by atoms with van der Waals surface area (Å²) in [6.45, 7) is 5.21. The van der Waals surface area contributed by atoms with Crippen molar-refractivity contribution in [2.45, 2.75) is 32.4 Å². The molecule has 1 amide bonds. The minimum Gasteiger partial charge on any atom is -0.444 e. The molecular formula is C19H23NO3. The van der Waals surface area contributed by atoms with Crippen LogP contribution >= 0.6 is 0 Å². The molecule has 0 aromatic heterocycles. The summed E-state index contributed by atoms with van der Waals surface area (Å²) in [5.74, 6) is 0. The lowest BCUT2D eigenvalue weighted by Gasteiger charge is -2.23. The van der Waals surface area contributed by atoms with Crippen LogP contribution in [0.5, 0.6) is 0 Å². The normalized spacial score (nSPS) is 12.5. The number of amides is 1. The van der Waals surface area contributed by atoms with Crippen LogP contribution in [0.15, 0.2) is 54.6 Å². The average molecular weight is 313 g/mol. The van der Waals surface area contributed by atoms with Crippen molar-refractivity contribution in [2.24, 2.45) is 0 Å². The van der Waals surface area contributed by atoms with Crippen LogP contribution in [0.3, 0.4) is 0 Å². The Hall–Kier alpha value is -2.33. The minimum absolute atomic E-state index is 0.191. The van der Waals surface area contributed by atoms with Gasteiger partial charge in [0.05, 0.1) is 12.6 Å². The van der Waals surface area contributed by atoms with Crippen molar-refractivity contribution < 1.29 is 14.6 Å². The smallest absolute Gasteiger partial charge is 0.408 e. The third-order valence-electron chi connectivity index (χ3n) is 3.29. The molecule has 0 aliphatic heterocycles. The lowest BCUT2D eigenvalue weighted by atomic mass is 10.0. The molecule has 0 saturated heterocycles. The summed E-state index contributed by atoms with van der Waals surface area (Å²) in [6.07, 6.45) is -0.538. The average Bonchev–Trinajstić information content (AvgIpc) is 2.52. The zero-order chi connectivity index (χ0) is 16.9. The molecule has 2 N–H and O–H groups in total. The fourth-order valence-corrected chi connectivity index (χ4v) is 2.22. The molecule has 0 fully saturated rings. The summed E-state index contributed by atoms with van der Waals surface area (Å²) in [4.78, 5) is 11.8. The second-order valence-electron chi connectivity index (χ2n) is 6.37. The molecule has 2 aromatic rings. The third kappa shape index (κ3) is 5.11. The second-order valence-corrected chi connectivity index (χ2v) is 6.37. The molecular weight excluding hydrogens is 290 g/mol. The number of carbonyl (C=O) groups excluding carboxylic acids is 1. The fraction of sp³-hybridized carbons (Fsp3) is 0.316. The number of rotatable bonds is 4. The number of aliphatic hydroxyl groups is 1. The number of hydrogen-bond acceptors (Lipinski definition) is 3. The lowest BCUT2D eigenvalue weighted by Crippen LogP contribution is -2.36. The first-order valence-corrected chi connectivity index (χ1v) is 7.65. The highest BCUT2D eigenvalue weighted by Gasteiger charge is 2.20. The predicted octanol–water partition coefficient (Wildman–Crippen LogP) is 3.91. The summed E-state index contributed by atoms with van der Waals surface area (Å²) in [5, 5.41) is 12.2. The number of hydrogen-bond donors (Lipinski definition) is 2. The maximum atomic E-state index is 11.8. The van der Waals surface area contributed by atoms with E-state index >= 15 is 0 Å². The quantitative estimate of drug-likeness (QED) is 0.899. The molecule has 4 heteroatoms. The van der Waals surface area contributed by atoms with Crippen molar-refractivity contribution in [1.29, 1.82) is 0 Å². The standard InChI is InChI=1S/C19H23NO3/c1-19(2,3)23-18(22)20-17(13-21)16-11-9-15(10-12-16)14-7-5-4-6-8-14/h4-12,17,21H,13H2,1-3H3,(H,20,22). The molecule has 0 aliphatic rings. The Labute approximate surface area is 137 Å². The van der Waals surface area contributed by atoms with E-state index in [4.69, 9.17) is 4.74 Å². The van der Waals surface area contributed by atoms with Gasteiger partial charge in [-0.1, -0.05) is 54.6 Å². The molecule has 0 bridgehead atoms. The Kier molecular flexibility index (Phi) is 5.40. The zero-order valence-electron chi connectivity index (χ0n) is 13.7. The van der Waals surface area contributed by atoms with E-state index < -0.39 is 17.7 Å². The Morgan fingerprint density at radius 3 is 2.13 bits per heavy atom. The topological polar surface area (TPSA) is 58.6 Å². The van der Waals surface area contributed by atoms with E-state index in [1.165, 1.54) is 0 Å². The van der Waals surface area contributed by atoms with Crippen molar-refractivity contribution in [3.05, 3.63) is 60.2 Å². The van der Waals surface area contributed by atoms with Gasteiger partial charge in [0.15, 0.2) is 0 Å².